The summed E-state index contributed by atoms with van der Waals surface area (Å²) in [5.74, 6) is 0.652. The Balaban J connectivity index is 1.69. The van der Waals surface area contributed by atoms with Crippen LogP contribution in [-0.4, -0.2) is 17.0 Å². The molecular formula is C24H21N3O2. The maximum Gasteiger partial charge on any atom is 0.196 e. The summed E-state index contributed by atoms with van der Waals surface area (Å²) in [6, 6.07) is 19.9. The van der Waals surface area contributed by atoms with Crippen molar-refractivity contribution in [3.05, 3.63) is 77.4 Å². The molecule has 5 heteroatoms. The van der Waals surface area contributed by atoms with Crippen LogP contribution in [0.5, 0.6) is 0 Å². The van der Waals surface area contributed by atoms with Crippen molar-refractivity contribution in [2.45, 2.75) is 26.4 Å². The highest BCUT2D eigenvalue weighted by Gasteiger charge is 2.32. The Hall–Kier alpha value is -3.60. The summed E-state index contributed by atoms with van der Waals surface area (Å²) in [5, 5.41) is 12.0. The summed E-state index contributed by atoms with van der Waals surface area (Å²) in [7, 11) is 0. The summed E-state index contributed by atoms with van der Waals surface area (Å²) in [5.41, 5.74) is 5.57. The van der Waals surface area contributed by atoms with Gasteiger partial charge in [0, 0.05) is 29.4 Å². The number of aromatic nitrogens is 1. The zero-order valence-corrected chi connectivity index (χ0v) is 16.3. The van der Waals surface area contributed by atoms with E-state index in [1.165, 1.54) is 5.56 Å². The fourth-order valence-electron chi connectivity index (χ4n) is 3.91. The molecule has 1 aliphatic rings. The summed E-state index contributed by atoms with van der Waals surface area (Å²) < 4.78 is 5.75. The fraction of sp³-hybridized carbons (Fsp3) is 0.167. The molecule has 0 bridgehead atoms. The lowest BCUT2D eigenvalue weighted by Crippen LogP contribution is -2.17. The van der Waals surface area contributed by atoms with Gasteiger partial charge in [-0.25, -0.2) is 0 Å². The molecule has 0 aliphatic heterocycles. The van der Waals surface area contributed by atoms with Gasteiger partial charge in [-0.3, -0.25) is 4.79 Å². The van der Waals surface area contributed by atoms with Gasteiger partial charge in [-0.2, -0.15) is 0 Å². The third kappa shape index (κ3) is 2.86. The first-order valence-corrected chi connectivity index (χ1v) is 9.78. The minimum absolute atomic E-state index is 0.000871. The molecule has 0 saturated heterocycles. The van der Waals surface area contributed by atoms with E-state index < -0.39 is 0 Å². The lowest BCUT2D eigenvalue weighted by atomic mass is 9.86. The lowest BCUT2D eigenvalue weighted by Gasteiger charge is -2.21. The Labute approximate surface area is 168 Å². The molecule has 0 spiro atoms. The van der Waals surface area contributed by atoms with Gasteiger partial charge in [0.2, 0.25) is 0 Å². The number of ketones is 1. The van der Waals surface area contributed by atoms with Crippen molar-refractivity contribution in [2.24, 2.45) is 0 Å². The van der Waals surface area contributed by atoms with Crippen LogP contribution >= 0.6 is 0 Å². The van der Waals surface area contributed by atoms with E-state index >= 15 is 0 Å². The number of benzene rings is 3. The molecule has 0 amide bonds. The van der Waals surface area contributed by atoms with Crippen molar-refractivity contribution in [1.29, 1.82) is 0 Å². The molecule has 0 atom stereocenters. The van der Waals surface area contributed by atoms with Crippen LogP contribution < -0.4 is 10.6 Å². The first kappa shape index (κ1) is 17.5. The molecule has 5 nitrogen and oxygen atoms in total. The Morgan fingerprint density at radius 1 is 0.966 bits per heavy atom. The van der Waals surface area contributed by atoms with Gasteiger partial charge in [-0.05, 0) is 25.5 Å². The standard InChI is InChI=1S/C24H21N3O2/c1-14(2)26-18-12-19(25-13-15-8-4-3-5-9-15)22-21-20(18)23(28)16-10-6-7-11-17(16)24(21)29-27-22/h3-12,14,25-26H,13H2,1-2H3. The van der Waals surface area contributed by atoms with Crippen LogP contribution in [0.1, 0.15) is 35.3 Å². The molecule has 144 valence electrons. The second-order valence-electron chi connectivity index (χ2n) is 7.59. The molecule has 3 aromatic carbocycles. The fourth-order valence-corrected chi connectivity index (χ4v) is 3.91. The monoisotopic (exact) mass is 383 g/mol. The van der Waals surface area contributed by atoms with Gasteiger partial charge in [0.25, 0.3) is 0 Å². The molecule has 2 N–H and O–H groups in total. The topological polar surface area (TPSA) is 67.2 Å². The van der Waals surface area contributed by atoms with Crippen molar-refractivity contribution in [1.82, 2.24) is 5.16 Å². The van der Waals surface area contributed by atoms with Gasteiger partial charge < -0.3 is 15.2 Å². The van der Waals surface area contributed by atoms with Crippen molar-refractivity contribution < 1.29 is 9.32 Å². The van der Waals surface area contributed by atoms with Gasteiger partial charge >= 0.3 is 0 Å². The zero-order valence-electron chi connectivity index (χ0n) is 16.3. The van der Waals surface area contributed by atoms with Crippen LogP contribution in [0.2, 0.25) is 0 Å². The van der Waals surface area contributed by atoms with Crippen molar-refractivity contribution in [3.63, 3.8) is 0 Å². The SMILES string of the molecule is CC(C)Nc1cc(NCc2ccccc2)c2noc3c2c1C(=O)c1ccccc1-3. The largest absolute Gasteiger partial charge is 0.382 e. The summed E-state index contributed by atoms with van der Waals surface area (Å²) in [6.07, 6.45) is 0. The second-order valence-corrected chi connectivity index (χ2v) is 7.59. The molecule has 0 unspecified atom stereocenters. The molecular weight excluding hydrogens is 362 g/mol. The third-order valence-corrected chi connectivity index (χ3v) is 5.17. The van der Waals surface area contributed by atoms with Gasteiger partial charge in [-0.1, -0.05) is 59.8 Å². The Morgan fingerprint density at radius 2 is 1.69 bits per heavy atom. The van der Waals surface area contributed by atoms with Gasteiger partial charge in [0.15, 0.2) is 11.5 Å². The normalized spacial score (nSPS) is 12.3. The van der Waals surface area contributed by atoms with E-state index in [0.29, 0.717) is 28.9 Å². The van der Waals surface area contributed by atoms with E-state index in [0.717, 1.165) is 22.3 Å². The van der Waals surface area contributed by atoms with E-state index in [1.54, 1.807) is 0 Å². The summed E-state index contributed by atoms with van der Waals surface area (Å²) in [6.45, 7) is 4.77. The molecule has 4 aromatic rings. The van der Waals surface area contributed by atoms with E-state index in [4.69, 9.17) is 4.52 Å². The first-order valence-electron chi connectivity index (χ1n) is 9.78. The zero-order chi connectivity index (χ0) is 20.0. The number of nitrogens with zero attached hydrogens (tertiary/aromatic N) is 1. The highest BCUT2D eigenvalue weighted by molar-refractivity contribution is 6.28. The second kappa shape index (κ2) is 6.78. The van der Waals surface area contributed by atoms with Crippen LogP contribution in [0.3, 0.4) is 0 Å². The Bertz CT molecular complexity index is 1230. The van der Waals surface area contributed by atoms with E-state index in [2.05, 4.69) is 41.8 Å². The van der Waals surface area contributed by atoms with E-state index in [-0.39, 0.29) is 11.8 Å². The summed E-state index contributed by atoms with van der Waals surface area (Å²) in [4.78, 5) is 13.4. The highest BCUT2D eigenvalue weighted by Crippen LogP contribution is 2.45. The van der Waals surface area contributed by atoms with Gasteiger partial charge in [0.05, 0.1) is 16.6 Å². The van der Waals surface area contributed by atoms with Gasteiger partial charge in [0.1, 0.15) is 5.52 Å². The highest BCUT2D eigenvalue weighted by atomic mass is 16.5. The van der Waals surface area contributed by atoms with Crippen molar-refractivity contribution in [3.8, 4) is 11.3 Å². The van der Waals surface area contributed by atoms with E-state index in [9.17, 15) is 4.79 Å². The molecule has 1 aliphatic carbocycles. The van der Waals surface area contributed by atoms with Crippen LogP contribution in [0.15, 0.2) is 65.2 Å². The average molecular weight is 383 g/mol. The number of rotatable bonds is 5. The smallest absolute Gasteiger partial charge is 0.196 e. The predicted molar refractivity (Wildman–Crippen MR) is 115 cm³/mol. The minimum Gasteiger partial charge on any atom is -0.382 e. The molecule has 0 radical (unpaired) electrons. The Morgan fingerprint density at radius 3 is 2.45 bits per heavy atom. The average Bonchev–Trinajstić information content (AvgIpc) is 3.17. The summed E-state index contributed by atoms with van der Waals surface area (Å²) >= 11 is 0. The lowest BCUT2D eigenvalue weighted by molar-refractivity contribution is 0.104. The maximum atomic E-state index is 13.4. The number of fused-ring (bicyclic) bond motifs is 2. The number of carbonyl (C=O) groups is 1. The van der Waals surface area contributed by atoms with Crippen LogP contribution in [0.25, 0.3) is 22.2 Å². The molecule has 29 heavy (non-hydrogen) atoms. The van der Waals surface area contributed by atoms with Crippen molar-refractivity contribution in [2.75, 3.05) is 10.6 Å². The molecule has 0 saturated carbocycles. The quantitative estimate of drug-likeness (QED) is 0.421. The minimum atomic E-state index is -0.000871. The van der Waals surface area contributed by atoms with Gasteiger partial charge in [-0.15, -0.1) is 0 Å². The van der Waals surface area contributed by atoms with Crippen molar-refractivity contribution >= 4 is 28.1 Å². The molecule has 5 rings (SSSR count). The number of nitrogens with one attached hydrogen (secondary N) is 2. The maximum absolute atomic E-state index is 13.4. The number of anilines is 2. The molecule has 1 heterocycles. The third-order valence-electron chi connectivity index (χ3n) is 5.17. The van der Waals surface area contributed by atoms with Crippen LogP contribution in [0.4, 0.5) is 11.4 Å². The number of hydrogen-bond acceptors (Lipinski definition) is 5. The van der Waals surface area contributed by atoms with Crippen LogP contribution in [-0.2, 0) is 6.54 Å². The number of carbonyl (C=O) groups excluding carboxylic acids is 1. The molecule has 1 aromatic heterocycles. The predicted octanol–water partition coefficient (Wildman–Crippen LogP) is 5.47. The van der Waals surface area contributed by atoms with E-state index in [1.807, 2.05) is 48.5 Å². The Kier molecular flexibility index (Phi) is 4.09. The van der Waals surface area contributed by atoms with Crippen LogP contribution in [0, 0.1) is 0 Å². The number of hydrogen-bond donors (Lipinski definition) is 2. The molecule has 0 fully saturated rings. The first-order chi connectivity index (χ1) is 14.1.